The Balaban J connectivity index is 1.64. The molecule has 7 nitrogen and oxygen atoms in total. The summed E-state index contributed by atoms with van der Waals surface area (Å²) in [4.78, 5) is 25.0. The van der Waals surface area contributed by atoms with E-state index in [9.17, 15) is 9.59 Å². The Bertz CT molecular complexity index is 1190. The van der Waals surface area contributed by atoms with E-state index in [1.165, 1.54) is 11.8 Å². The zero-order valence-corrected chi connectivity index (χ0v) is 20.4. The van der Waals surface area contributed by atoms with Gasteiger partial charge in [0.15, 0.2) is 5.16 Å². The van der Waals surface area contributed by atoms with Crippen LogP contribution in [0.2, 0.25) is 5.02 Å². The van der Waals surface area contributed by atoms with Crippen molar-refractivity contribution < 1.29 is 9.59 Å². The summed E-state index contributed by atoms with van der Waals surface area (Å²) in [5, 5.41) is 15.3. The third kappa shape index (κ3) is 6.69. The first-order valence-electron chi connectivity index (χ1n) is 10.4. The number of halogens is 1. The van der Waals surface area contributed by atoms with Crippen molar-refractivity contribution in [1.82, 2.24) is 14.8 Å². The lowest BCUT2D eigenvalue weighted by molar-refractivity contribution is -0.116. The molecule has 2 amide bonds. The van der Waals surface area contributed by atoms with Crippen LogP contribution in [0.3, 0.4) is 0 Å². The van der Waals surface area contributed by atoms with Crippen molar-refractivity contribution in [2.45, 2.75) is 38.9 Å². The highest BCUT2D eigenvalue weighted by atomic mass is 35.5. The van der Waals surface area contributed by atoms with E-state index in [4.69, 9.17) is 11.6 Å². The molecule has 33 heavy (non-hydrogen) atoms. The van der Waals surface area contributed by atoms with Crippen LogP contribution in [-0.2, 0) is 22.6 Å². The molecule has 0 atom stereocenters. The van der Waals surface area contributed by atoms with Gasteiger partial charge in [-0.15, -0.1) is 16.8 Å². The van der Waals surface area contributed by atoms with Gasteiger partial charge in [0.25, 0.3) is 0 Å². The van der Waals surface area contributed by atoms with Crippen LogP contribution in [-0.4, -0.2) is 32.3 Å². The van der Waals surface area contributed by atoms with E-state index in [1.807, 2.05) is 39.0 Å². The fourth-order valence-corrected chi connectivity index (χ4v) is 4.24. The first-order chi connectivity index (χ1) is 15.8. The summed E-state index contributed by atoms with van der Waals surface area (Å²) in [5.74, 6) is 0.292. The van der Waals surface area contributed by atoms with Crippen LogP contribution in [0.1, 0.15) is 22.5 Å². The number of nitrogens with one attached hydrogen (secondary N) is 2. The second kappa shape index (κ2) is 11.2. The summed E-state index contributed by atoms with van der Waals surface area (Å²) in [6, 6.07) is 11.1. The first-order valence-corrected chi connectivity index (χ1v) is 11.7. The lowest BCUT2D eigenvalue weighted by Gasteiger charge is -2.11. The topological polar surface area (TPSA) is 88.9 Å². The molecule has 0 saturated carbocycles. The molecule has 172 valence electrons. The molecule has 0 bridgehead atoms. The number of aromatic nitrogens is 3. The smallest absolute Gasteiger partial charge is 0.234 e. The predicted molar refractivity (Wildman–Crippen MR) is 134 cm³/mol. The summed E-state index contributed by atoms with van der Waals surface area (Å²) >= 11 is 7.22. The van der Waals surface area contributed by atoms with Gasteiger partial charge in [0.1, 0.15) is 5.82 Å². The Morgan fingerprint density at radius 1 is 1.03 bits per heavy atom. The van der Waals surface area contributed by atoms with E-state index in [2.05, 4.69) is 27.4 Å². The molecule has 2 aromatic carbocycles. The SMILES string of the molecule is C=CCn1c(CC(=O)Nc2ccc(C)cc2C)nnc1SCC(=O)Nc1ccc(Cl)cc1C. The molecule has 2 N–H and O–H groups in total. The van der Waals surface area contributed by atoms with Crippen molar-refractivity contribution in [3.8, 4) is 0 Å². The Morgan fingerprint density at radius 2 is 1.70 bits per heavy atom. The quantitative estimate of drug-likeness (QED) is 0.332. The average Bonchev–Trinajstić information content (AvgIpc) is 3.12. The molecule has 0 aliphatic heterocycles. The lowest BCUT2D eigenvalue weighted by Crippen LogP contribution is -2.18. The van der Waals surface area contributed by atoms with Crippen molar-refractivity contribution in [3.63, 3.8) is 0 Å². The van der Waals surface area contributed by atoms with E-state index in [0.717, 1.165) is 22.4 Å². The van der Waals surface area contributed by atoms with Crippen LogP contribution in [0.25, 0.3) is 0 Å². The highest BCUT2D eigenvalue weighted by molar-refractivity contribution is 7.99. The number of rotatable bonds is 9. The fraction of sp³-hybridized carbons (Fsp3) is 0.250. The van der Waals surface area contributed by atoms with E-state index in [-0.39, 0.29) is 24.0 Å². The van der Waals surface area contributed by atoms with Gasteiger partial charge in [0, 0.05) is 22.9 Å². The Kier molecular flexibility index (Phi) is 8.30. The standard InChI is InChI=1S/C24H26ClN5O2S/c1-5-10-30-21(13-22(31)26-19-8-6-15(2)11-16(19)3)28-29-24(30)33-14-23(32)27-20-9-7-18(25)12-17(20)4/h5-9,11-12H,1,10,13-14H2,2-4H3,(H,26,31)(H,27,32). The number of anilines is 2. The maximum Gasteiger partial charge on any atom is 0.234 e. The summed E-state index contributed by atoms with van der Waals surface area (Å²) in [6.45, 7) is 10.0. The maximum atomic E-state index is 12.6. The molecule has 1 aromatic heterocycles. The molecular weight excluding hydrogens is 458 g/mol. The van der Waals surface area contributed by atoms with Crippen molar-refractivity contribution in [2.24, 2.45) is 0 Å². The van der Waals surface area contributed by atoms with Gasteiger partial charge in [0.2, 0.25) is 11.8 Å². The van der Waals surface area contributed by atoms with Crippen molar-refractivity contribution in [1.29, 1.82) is 0 Å². The number of aryl methyl sites for hydroxylation is 3. The molecule has 9 heteroatoms. The minimum Gasteiger partial charge on any atom is -0.325 e. The second-order valence-electron chi connectivity index (χ2n) is 7.64. The highest BCUT2D eigenvalue weighted by Gasteiger charge is 2.17. The van der Waals surface area contributed by atoms with Crippen molar-refractivity contribution in [3.05, 3.63) is 76.6 Å². The molecule has 0 aliphatic carbocycles. The molecule has 1 heterocycles. The monoisotopic (exact) mass is 483 g/mol. The number of amides is 2. The third-order valence-corrected chi connectivity index (χ3v) is 6.08. The first kappa shape index (κ1) is 24.5. The third-order valence-electron chi connectivity index (χ3n) is 4.87. The molecular formula is C24H26ClN5O2S. The Labute approximate surface area is 202 Å². The van der Waals surface area contributed by atoms with Crippen LogP contribution in [0.15, 0.2) is 54.2 Å². The molecule has 0 radical (unpaired) electrons. The molecule has 0 fully saturated rings. The largest absolute Gasteiger partial charge is 0.325 e. The van der Waals surface area contributed by atoms with Crippen LogP contribution >= 0.6 is 23.4 Å². The number of carbonyl (C=O) groups excluding carboxylic acids is 2. The number of thioether (sulfide) groups is 1. The Morgan fingerprint density at radius 3 is 2.36 bits per heavy atom. The summed E-state index contributed by atoms with van der Waals surface area (Å²) in [6.07, 6.45) is 1.76. The number of benzene rings is 2. The highest BCUT2D eigenvalue weighted by Crippen LogP contribution is 2.22. The summed E-state index contributed by atoms with van der Waals surface area (Å²) in [5.41, 5.74) is 4.49. The van der Waals surface area contributed by atoms with Gasteiger partial charge in [-0.2, -0.15) is 0 Å². The fourth-order valence-electron chi connectivity index (χ4n) is 3.24. The van der Waals surface area contributed by atoms with Crippen molar-refractivity contribution >= 4 is 46.6 Å². The average molecular weight is 484 g/mol. The van der Waals surface area contributed by atoms with Crippen LogP contribution in [0.4, 0.5) is 11.4 Å². The molecule has 0 aliphatic rings. The van der Waals surface area contributed by atoms with Crippen LogP contribution < -0.4 is 10.6 Å². The molecule has 0 spiro atoms. The van der Waals surface area contributed by atoms with Gasteiger partial charge in [-0.1, -0.05) is 47.1 Å². The van der Waals surface area contributed by atoms with Gasteiger partial charge < -0.3 is 15.2 Å². The number of hydrogen-bond donors (Lipinski definition) is 2. The predicted octanol–water partition coefficient (Wildman–Crippen LogP) is 4.95. The Hall–Kier alpha value is -3.10. The van der Waals surface area contributed by atoms with Gasteiger partial charge in [-0.25, -0.2) is 0 Å². The van der Waals surface area contributed by atoms with E-state index in [1.54, 1.807) is 28.8 Å². The molecule has 3 aromatic rings. The van der Waals surface area contributed by atoms with Gasteiger partial charge in [-0.05, 0) is 56.2 Å². The van der Waals surface area contributed by atoms with Crippen LogP contribution in [0.5, 0.6) is 0 Å². The van der Waals surface area contributed by atoms with Gasteiger partial charge >= 0.3 is 0 Å². The van der Waals surface area contributed by atoms with Gasteiger partial charge in [0.05, 0.1) is 12.2 Å². The van der Waals surface area contributed by atoms with Crippen LogP contribution in [0, 0.1) is 20.8 Å². The zero-order chi connectivity index (χ0) is 24.0. The molecule has 0 unspecified atom stereocenters. The molecule has 3 rings (SSSR count). The number of allylic oxidation sites excluding steroid dienone is 1. The summed E-state index contributed by atoms with van der Waals surface area (Å²) in [7, 11) is 0. The number of nitrogens with zero attached hydrogens (tertiary/aromatic N) is 3. The lowest BCUT2D eigenvalue weighted by atomic mass is 10.1. The number of hydrogen-bond acceptors (Lipinski definition) is 5. The second-order valence-corrected chi connectivity index (χ2v) is 9.02. The zero-order valence-electron chi connectivity index (χ0n) is 18.8. The summed E-state index contributed by atoms with van der Waals surface area (Å²) < 4.78 is 1.79. The minimum absolute atomic E-state index is 0.0604. The maximum absolute atomic E-state index is 12.6. The molecule has 0 saturated heterocycles. The minimum atomic E-state index is -0.188. The van der Waals surface area contributed by atoms with E-state index in [0.29, 0.717) is 28.2 Å². The van der Waals surface area contributed by atoms with Crippen molar-refractivity contribution in [2.75, 3.05) is 16.4 Å². The van der Waals surface area contributed by atoms with E-state index >= 15 is 0 Å². The van der Waals surface area contributed by atoms with E-state index < -0.39 is 0 Å². The number of carbonyl (C=O) groups is 2. The normalized spacial score (nSPS) is 10.7. The van der Waals surface area contributed by atoms with Gasteiger partial charge in [-0.3, -0.25) is 9.59 Å².